The Hall–Kier alpha value is -1.83. The number of fused-ring (bicyclic) bond motifs is 4. The first-order chi connectivity index (χ1) is 10.5. The van der Waals surface area contributed by atoms with Gasteiger partial charge in [0.2, 0.25) is 0 Å². The van der Waals surface area contributed by atoms with Gasteiger partial charge in [-0.1, -0.05) is 24.6 Å². The van der Waals surface area contributed by atoms with Gasteiger partial charge in [-0.3, -0.25) is 4.79 Å². The number of allylic oxidation sites excluding steroid dienone is 4. The maximum Gasteiger partial charge on any atom is 0.165 e. The van der Waals surface area contributed by atoms with Crippen molar-refractivity contribution in [2.24, 2.45) is 5.41 Å². The number of hydrogen-bond acceptors (Lipinski definition) is 2. The number of methoxy groups -OCH3 is 1. The molecule has 1 aromatic rings. The number of hydrogen-bond donors (Lipinski definition) is 0. The summed E-state index contributed by atoms with van der Waals surface area (Å²) in [5.74, 6) is 1.23. The smallest absolute Gasteiger partial charge is 0.165 e. The average Bonchev–Trinajstić information content (AvgIpc) is 2.82. The molecule has 0 bridgehead atoms. The van der Waals surface area contributed by atoms with E-state index in [2.05, 4.69) is 38.1 Å². The molecule has 0 unspecified atom stereocenters. The Bertz CT molecular complexity index is 740. The highest BCUT2D eigenvalue weighted by Gasteiger charge is 2.50. The van der Waals surface area contributed by atoms with Crippen LogP contribution in [-0.2, 0) is 16.6 Å². The van der Waals surface area contributed by atoms with E-state index in [-0.39, 0.29) is 16.6 Å². The monoisotopic (exact) mass is 294 g/mol. The van der Waals surface area contributed by atoms with Crippen molar-refractivity contribution in [2.45, 2.75) is 44.9 Å². The van der Waals surface area contributed by atoms with Gasteiger partial charge >= 0.3 is 0 Å². The molecular formula is C20H22O2. The van der Waals surface area contributed by atoms with Crippen molar-refractivity contribution in [3.8, 4) is 5.75 Å². The summed E-state index contributed by atoms with van der Waals surface area (Å²) in [5, 5.41) is 0. The normalized spacial score (nSPS) is 32.6. The SMILES string of the molecule is COc1ccc2c(c1)CCC1=C3C=CC(=O)[C@@]3(C)CC[C@]12C. The van der Waals surface area contributed by atoms with Gasteiger partial charge in [0.25, 0.3) is 0 Å². The van der Waals surface area contributed by atoms with Crippen LogP contribution in [0.15, 0.2) is 41.5 Å². The van der Waals surface area contributed by atoms with Crippen molar-refractivity contribution in [3.63, 3.8) is 0 Å². The van der Waals surface area contributed by atoms with E-state index in [0.29, 0.717) is 0 Å². The standard InChI is InChI=1S/C20H22O2/c1-19-10-11-20(2)17(8-9-18(20)21)16(19)6-4-13-12-14(22-3)5-7-15(13)19/h5,7-9,12H,4,6,10-11H2,1-3H3/t19-,20-/m0/s1. The molecule has 3 aliphatic rings. The molecule has 0 N–H and O–H groups in total. The second-order valence-corrected chi connectivity index (χ2v) is 7.28. The third-order valence-corrected chi connectivity index (χ3v) is 6.21. The molecule has 2 heteroatoms. The molecule has 2 atom stereocenters. The van der Waals surface area contributed by atoms with E-state index in [9.17, 15) is 4.79 Å². The van der Waals surface area contributed by atoms with Crippen LogP contribution in [0.5, 0.6) is 5.75 Å². The van der Waals surface area contributed by atoms with Crippen molar-refractivity contribution in [1.29, 1.82) is 0 Å². The quantitative estimate of drug-likeness (QED) is 0.778. The van der Waals surface area contributed by atoms with Gasteiger partial charge in [-0.25, -0.2) is 0 Å². The molecule has 0 saturated heterocycles. The highest BCUT2D eigenvalue weighted by Crippen LogP contribution is 2.56. The van der Waals surface area contributed by atoms with Crippen LogP contribution in [0.4, 0.5) is 0 Å². The number of carbonyl (C=O) groups is 1. The zero-order valence-corrected chi connectivity index (χ0v) is 13.5. The van der Waals surface area contributed by atoms with Gasteiger partial charge in [-0.05, 0) is 67.5 Å². The first kappa shape index (κ1) is 13.8. The minimum absolute atomic E-state index is 0.0731. The van der Waals surface area contributed by atoms with Gasteiger partial charge in [0.1, 0.15) is 5.75 Å². The molecule has 0 radical (unpaired) electrons. The predicted octanol–water partition coefficient (Wildman–Crippen LogP) is 4.13. The number of rotatable bonds is 1. The van der Waals surface area contributed by atoms with Crippen molar-refractivity contribution in [1.82, 2.24) is 0 Å². The molecule has 22 heavy (non-hydrogen) atoms. The van der Waals surface area contributed by atoms with Crippen LogP contribution in [0.3, 0.4) is 0 Å². The van der Waals surface area contributed by atoms with E-state index in [4.69, 9.17) is 4.74 Å². The Morgan fingerprint density at radius 2 is 1.82 bits per heavy atom. The zero-order valence-electron chi connectivity index (χ0n) is 13.5. The Morgan fingerprint density at radius 1 is 1.05 bits per heavy atom. The molecule has 0 heterocycles. The highest BCUT2D eigenvalue weighted by molar-refractivity contribution is 6.02. The van der Waals surface area contributed by atoms with Crippen LogP contribution >= 0.6 is 0 Å². The molecule has 0 aromatic heterocycles. The molecule has 4 rings (SSSR count). The lowest BCUT2D eigenvalue weighted by molar-refractivity contribution is -0.121. The van der Waals surface area contributed by atoms with Crippen molar-refractivity contribution >= 4 is 5.78 Å². The fourth-order valence-corrected chi connectivity index (χ4v) is 4.71. The van der Waals surface area contributed by atoms with Gasteiger partial charge in [-0.15, -0.1) is 0 Å². The number of ether oxygens (including phenoxy) is 1. The Kier molecular flexibility index (Phi) is 2.73. The minimum atomic E-state index is -0.265. The number of carbonyl (C=O) groups excluding carboxylic acids is 1. The van der Waals surface area contributed by atoms with Gasteiger partial charge in [0.15, 0.2) is 5.78 Å². The first-order valence-corrected chi connectivity index (χ1v) is 8.13. The average molecular weight is 294 g/mol. The van der Waals surface area contributed by atoms with Crippen LogP contribution in [-0.4, -0.2) is 12.9 Å². The van der Waals surface area contributed by atoms with Crippen LogP contribution in [0.2, 0.25) is 0 Å². The van der Waals surface area contributed by atoms with Gasteiger partial charge < -0.3 is 4.74 Å². The summed E-state index contributed by atoms with van der Waals surface area (Å²) in [7, 11) is 1.72. The minimum Gasteiger partial charge on any atom is -0.497 e. The number of aryl methyl sites for hydroxylation is 1. The van der Waals surface area contributed by atoms with E-state index >= 15 is 0 Å². The van der Waals surface area contributed by atoms with Crippen LogP contribution in [0.1, 0.15) is 44.2 Å². The molecule has 0 amide bonds. The Labute approximate surface area is 131 Å². The van der Waals surface area contributed by atoms with E-state index in [1.807, 2.05) is 0 Å². The summed E-state index contributed by atoms with van der Waals surface area (Å²) in [6, 6.07) is 6.49. The van der Waals surface area contributed by atoms with Crippen molar-refractivity contribution in [3.05, 3.63) is 52.6 Å². The number of benzene rings is 1. The lowest BCUT2D eigenvalue weighted by Gasteiger charge is -2.47. The van der Waals surface area contributed by atoms with Crippen molar-refractivity contribution in [2.75, 3.05) is 7.11 Å². The van der Waals surface area contributed by atoms with Crippen LogP contribution < -0.4 is 4.74 Å². The summed E-state index contributed by atoms with van der Waals surface area (Å²) in [4.78, 5) is 12.3. The maximum absolute atomic E-state index is 12.3. The van der Waals surface area contributed by atoms with Gasteiger partial charge in [-0.2, -0.15) is 0 Å². The van der Waals surface area contributed by atoms with E-state index < -0.39 is 0 Å². The van der Waals surface area contributed by atoms with Crippen molar-refractivity contribution < 1.29 is 9.53 Å². The fourth-order valence-electron chi connectivity index (χ4n) is 4.71. The lowest BCUT2D eigenvalue weighted by atomic mass is 9.56. The molecule has 0 spiro atoms. The number of ketones is 1. The summed E-state index contributed by atoms with van der Waals surface area (Å²) in [6.45, 7) is 4.48. The topological polar surface area (TPSA) is 26.3 Å². The van der Waals surface area contributed by atoms with Gasteiger partial charge in [0, 0.05) is 5.41 Å². The predicted molar refractivity (Wildman–Crippen MR) is 87.2 cm³/mol. The first-order valence-electron chi connectivity index (χ1n) is 8.13. The van der Waals surface area contributed by atoms with Crippen LogP contribution in [0.25, 0.3) is 0 Å². The summed E-state index contributed by atoms with van der Waals surface area (Å²) in [5.41, 5.74) is 5.43. The molecule has 2 nitrogen and oxygen atoms in total. The Morgan fingerprint density at radius 3 is 2.59 bits per heavy atom. The van der Waals surface area contributed by atoms with Gasteiger partial charge in [0.05, 0.1) is 12.5 Å². The molecule has 1 aromatic carbocycles. The van der Waals surface area contributed by atoms with E-state index in [1.54, 1.807) is 13.2 Å². The molecule has 114 valence electrons. The van der Waals surface area contributed by atoms with E-state index in [1.165, 1.54) is 22.3 Å². The molecule has 0 aliphatic heterocycles. The largest absolute Gasteiger partial charge is 0.497 e. The molecular weight excluding hydrogens is 272 g/mol. The Balaban J connectivity index is 1.91. The molecule has 0 fully saturated rings. The third-order valence-electron chi connectivity index (χ3n) is 6.21. The maximum atomic E-state index is 12.3. The molecule has 0 saturated carbocycles. The second kappa shape index (κ2) is 4.34. The second-order valence-electron chi connectivity index (χ2n) is 7.28. The summed E-state index contributed by atoms with van der Waals surface area (Å²) in [6.07, 6.45) is 7.97. The lowest BCUT2D eigenvalue weighted by Crippen LogP contribution is -2.40. The van der Waals surface area contributed by atoms with Crippen LogP contribution in [0, 0.1) is 5.41 Å². The summed E-state index contributed by atoms with van der Waals surface area (Å²) >= 11 is 0. The zero-order chi connectivity index (χ0) is 15.5. The summed E-state index contributed by atoms with van der Waals surface area (Å²) < 4.78 is 5.38. The fraction of sp³-hybridized carbons (Fsp3) is 0.450. The highest BCUT2D eigenvalue weighted by atomic mass is 16.5. The van der Waals surface area contributed by atoms with E-state index in [0.717, 1.165) is 31.4 Å². The molecule has 3 aliphatic carbocycles. The third kappa shape index (κ3) is 1.58.